The second kappa shape index (κ2) is 7.26. The zero-order valence-electron chi connectivity index (χ0n) is 8.60. The fourth-order valence-corrected chi connectivity index (χ4v) is 0.938. The molecule has 0 aromatic carbocycles. The lowest BCUT2D eigenvalue weighted by Gasteiger charge is -2.15. The van der Waals surface area contributed by atoms with Crippen molar-refractivity contribution in [2.45, 2.75) is 31.6 Å². The molecule has 0 aromatic rings. The van der Waals surface area contributed by atoms with E-state index in [-0.39, 0.29) is 12.4 Å². The van der Waals surface area contributed by atoms with Gasteiger partial charge >= 0.3 is 12.3 Å². The van der Waals surface area contributed by atoms with Crippen molar-refractivity contribution in [2.24, 2.45) is 10.9 Å². The largest absolute Gasteiger partial charge is 0.409 e. The average Bonchev–Trinajstić information content (AvgIpc) is 2.22. The predicted octanol–water partition coefficient (Wildman–Crippen LogP) is 1.39. The Balaban J connectivity index is 3.47. The van der Waals surface area contributed by atoms with E-state index in [1.54, 1.807) is 0 Å². The summed E-state index contributed by atoms with van der Waals surface area (Å²) in [6.07, 6.45) is -2.31. The standard InChI is InChI=1S/C8H15F4N3O/c9-7(10)8(11,12)5-14-4-2-1-3-6(13)15-16/h7,14,16H,1-5H2,(H2,13,15). The molecule has 0 aliphatic heterocycles. The van der Waals surface area contributed by atoms with Gasteiger partial charge < -0.3 is 16.3 Å². The van der Waals surface area contributed by atoms with Gasteiger partial charge in [0.25, 0.3) is 0 Å². The predicted molar refractivity (Wildman–Crippen MR) is 51.1 cm³/mol. The molecule has 0 rings (SSSR count). The lowest BCUT2D eigenvalue weighted by molar-refractivity contribution is -0.125. The summed E-state index contributed by atoms with van der Waals surface area (Å²) in [4.78, 5) is 0. The second-order valence-electron chi connectivity index (χ2n) is 3.29. The third-order valence-corrected chi connectivity index (χ3v) is 1.84. The van der Waals surface area contributed by atoms with Crippen LogP contribution in [0.1, 0.15) is 19.3 Å². The van der Waals surface area contributed by atoms with Crippen LogP contribution in [0, 0.1) is 0 Å². The van der Waals surface area contributed by atoms with Crippen LogP contribution in [0.2, 0.25) is 0 Å². The zero-order chi connectivity index (χ0) is 12.6. The van der Waals surface area contributed by atoms with E-state index in [0.29, 0.717) is 19.3 Å². The molecule has 0 bridgehead atoms. The number of unbranched alkanes of at least 4 members (excludes halogenated alkanes) is 1. The first-order chi connectivity index (χ1) is 7.40. The van der Waals surface area contributed by atoms with Crippen LogP contribution in [0.5, 0.6) is 0 Å². The molecule has 0 radical (unpaired) electrons. The van der Waals surface area contributed by atoms with Gasteiger partial charge in [-0.3, -0.25) is 0 Å². The Morgan fingerprint density at radius 1 is 1.38 bits per heavy atom. The number of oxime groups is 1. The summed E-state index contributed by atoms with van der Waals surface area (Å²) in [5.41, 5.74) is 5.16. The van der Waals surface area contributed by atoms with Crippen molar-refractivity contribution in [2.75, 3.05) is 13.1 Å². The smallest absolute Gasteiger partial charge is 0.319 e. The van der Waals surface area contributed by atoms with Gasteiger partial charge in [0.2, 0.25) is 0 Å². The molecule has 16 heavy (non-hydrogen) atoms. The lowest BCUT2D eigenvalue weighted by Crippen LogP contribution is -2.39. The Morgan fingerprint density at radius 3 is 2.50 bits per heavy atom. The van der Waals surface area contributed by atoms with Crippen molar-refractivity contribution in [3.05, 3.63) is 0 Å². The molecule has 0 atom stereocenters. The number of nitrogens with two attached hydrogens (primary N) is 1. The van der Waals surface area contributed by atoms with E-state index in [2.05, 4.69) is 10.5 Å². The SMILES string of the molecule is NC(CCCCNCC(F)(F)C(F)F)=NO. The highest BCUT2D eigenvalue weighted by atomic mass is 19.3. The third-order valence-electron chi connectivity index (χ3n) is 1.84. The van der Waals surface area contributed by atoms with Gasteiger partial charge in [-0.05, 0) is 19.4 Å². The lowest BCUT2D eigenvalue weighted by atomic mass is 10.2. The van der Waals surface area contributed by atoms with Crippen molar-refractivity contribution in [3.8, 4) is 0 Å². The monoisotopic (exact) mass is 245 g/mol. The van der Waals surface area contributed by atoms with E-state index >= 15 is 0 Å². The van der Waals surface area contributed by atoms with E-state index in [1.807, 2.05) is 0 Å². The van der Waals surface area contributed by atoms with Crippen molar-refractivity contribution >= 4 is 5.84 Å². The van der Waals surface area contributed by atoms with Crippen LogP contribution in [0.4, 0.5) is 17.6 Å². The molecule has 0 saturated carbocycles. The minimum atomic E-state index is -3.99. The number of alkyl halides is 4. The van der Waals surface area contributed by atoms with Crippen LogP contribution < -0.4 is 11.1 Å². The van der Waals surface area contributed by atoms with E-state index in [1.165, 1.54) is 0 Å². The molecular weight excluding hydrogens is 230 g/mol. The van der Waals surface area contributed by atoms with Crippen LogP contribution in [0.25, 0.3) is 0 Å². The normalized spacial score (nSPS) is 13.4. The first-order valence-corrected chi connectivity index (χ1v) is 4.73. The molecule has 96 valence electrons. The Labute approximate surface area is 90.5 Å². The maximum atomic E-state index is 12.4. The second-order valence-corrected chi connectivity index (χ2v) is 3.29. The Hall–Kier alpha value is -1.05. The molecule has 0 unspecified atom stereocenters. The molecule has 4 N–H and O–H groups in total. The van der Waals surface area contributed by atoms with Crippen molar-refractivity contribution in [1.82, 2.24) is 5.32 Å². The van der Waals surface area contributed by atoms with Crippen molar-refractivity contribution in [1.29, 1.82) is 0 Å². The molecule has 0 aliphatic carbocycles. The highest BCUT2D eigenvalue weighted by Crippen LogP contribution is 2.21. The van der Waals surface area contributed by atoms with Gasteiger partial charge in [-0.2, -0.15) is 8.78 Å². The third kappa shape index (κ3) is 6.44. The summed E-state index contributed by atoms with van der Waals surface area (Å²) in [5, 5.41) is 13.1. The van der Waals surface area contributed by atoms with Crippen molar-refractivity contribution in [3.63, 3.8) is 0 Å². The topological polar surface area (TPSA) is 70.6 Å². The summed E-state index contributed by atoms with van der Waals surface area (Å²) >= 11 is 0. The minimum Gasteiger partial charge on any atom is -0.409 e. The molecular formula is C8H15F4N3O. The number of halogens is 4. The molecule has 0 saturated heterocycles. The number of amidine groups is 1. The summed E-state index contributed by atoms with van der Waals surface area (Å²) in [6, 6.07) is 0. The van der Waals surface area contributed by atoms with Crippen LogP contribution in [-0.4, -0.2) is 36.5 Å². The summed E-state index contributed by atoms with van der Waals surface area (Å²) in [7, 11) is 0. The van der Waals surface area contributed by atoms with Crippen LogP contribution in [0.3, 0.4) is 0 Å². The van der Waals surface area contributed by atoms with E-state index in [4.69, 9.17) is 10.9 Å². The number of nitrogens with one attached hydrogen (secondary N) is 1. The first-order valence-electron chi connectivity index (χ1n) is 4.73. The summed E-state index contributed by atoms with van der Waals surface area (Å²) < 4.78 is 48.1. The Kier molecular flexibility index (Phi) is 6.78. The number of hydrogen-bond acceptors (Lipinski definition) is 3. The molecule has 0 aliphatic rings. The molecule has 4 nitrogen and oxygen atoms in total. The Bertz CT molecular complexity index is 223. The Morgan fingerprint density at radius 2 is 2.00 bits per heavy atom. The van der Waals surface area contributed by atoms with Crippen LogP contribution >= 0.6 is 0 Å². The average molecular weight is 245 g/mol. The number of hydrogen-bond donors (Lipinski definition) is 3. The van der Waals surface area contributed by atoms with Gasteiger partial charge in [-0.15, -0.1) is 0 Å². The highest BCUT2D eigenvalue weighted by Gasteiger charge is 2.39. The molecule has 0 amide bonds. The maximum Gasteiger partial charge on any atom is 0.319 e. The van der Waals surface area contributed by atoms with Crippen molar-refractivity contribution < 1.29 is 22.8 Å². The first kappa shape index (κ1) is 14.9. The van der Waals surface area contributed by atoms with Gasteiger partial charge in [0.1, 0.15) is 5.84 Å². The highest BCUT2D eigenvalue weighted by molar-refractivity contribution is 5.79. The van der Waals surface area contributed by atoms with Gasteiger partial charge in [0, 0.05) is 6.42 Å². The van der Waals surface area contributed by atoms with E-state index < -0.39 is 18.9 Å². The molecule has 0 fully saturated rings. The molecule has 0 spiro atoms. The van der Waals surface area contributed by atoms with Gasteiger partial charge in [-0.25, -0.2) is 8.78 Å². The van der Waals surface area contributed by atoms with Gasteiger partial charge in [0.15, 0.2) is 0 Å². The fraction of sp³-hybridized carbons (Fsp3) is 0.875. The molecule has 0 aromatic heterocycles. The summed E-state index contributed by atoms with van der Waals surface area (Å²) in [6.45, 7) is -0.866. The molecule has 0 heterocycles. The maximum absolute atomic E-state index is 12.4. The van der Waals surface area contributed by atoms with Crippen LogP contribution in [-0.2, 0) is 0 Å². The van der Waals surface area contributed by atoms with E-state index in [9.17, 15) is 17.6 Å². The minimum absolute atomic E-state index is 0.0536. The van der Waals surface area contributed by atoms with Crippen LogP contribution in [0.15, 0.2) is 5.16 Å². The summed E-state index contributed by atoms with van der Waals surface area (Å²) in [5.74, 6) is -3.94. The van der Waals surface area contributed by atoms with Gasteiger partial charge in [0.05, 0.1) is 6.54 Å². The van der Waals surface area contributed by atoms with Gasteiger partial charge in [-0.1, -0.05) is 5.16 Å². The zero-order valence-corrected chi connectivity index (χ0v) is 8.60. The number of rotatable bonds is 8. The fourth-order valence-electron chi connectivity index (χ4n) is 0.938. The number of nitrogens with zero attached hydrogens (tertiary/aromatic N) is 1. The molecule has 8 heteroatoms. The van der Waals surface area contributed by atoms with E-state index in [0.717, 1.165) is 0 Å². The quantitative estimate of drug-likeness (QED) is 0.151.